The van der Waals surface area contributed by atoms with Gasteiger partial charge in [-0.2, -0.15) is 0 Å². The fourth-order valence-corrected chi connectivity index (χ4v) is 3.32. The average Bonchev–Trinajstić information content (AvgIpc) is 3.13. The zero-order valence-corrected chi connectivity index (χ0v) is 12.1. The molecule has 21 heavy (non-hydrogen) atoms. The lowest BCUT2D eigenvalue weighted by atomic mass is 10.1. The number of benzene rings is 1. The maximum Gasteiger partial charge on any atom is 0.335 e. The molecule has 1 aromatic carbocycles. The first-order valence-corrected chi connectivity index (χ1v) is 7.78. The van der Waals surface area contributed by atoms with E-state index in [0.717, 1.165) is 31.2 Å². The van der Waals surface area contributed by atoms with Gasteiger partial charge in [-0.3, -0.25) is 4.79 Å². The predicted molar refractivity (Wildman–Crippen MR) is 79.2 cm³/mol. The Morgan fingerprint density at radius 1 is 1.10 bits per heavy atom. The highest BCUT2D eigenvalue weighted by Gasteiger charge is 2.38. The summed E-state index contributed by atoms with van der Waals surface area (Å²) in [5, 5.41) is 9.03. The zero-order chi connectivity index (χ0) is 14.8. The number of nitrogens with zero attached hydrogens (tertiary/aromatic N) is 1. The van der Waals surface area contributed by atoms with Crippen LogP contribution in [0.1, 0.15) is 54.4 Å². The Balaban J connectivity index is 1.71. The number of carbonyl (C=O) groups excluding carboxylic acids is 1. The van der Waals surface area contributed by atoms with E-state index in [9.17, 15) is 9.59 Å². The van der Waals surface area contributed by atoms with Crippen LogP contribution in [0.5, 0.6) is 0 Å². The summed E-state index contributed by atoms with van der Waals surface area (Å²) in [4.78, 5) is 25.7. The van der Waals surface area contributed by atoms with Gasteiger partial charge in [0.05, 0.1) is 12.0 Å². The number of rotatable bonds is 5. The van der Waals surface area contributed by atoms with Crippen LogP contribution in [-0.4, -0.2) is 34.0 Å². The SMILES string of the molecule is O=C(O)c1cccc(CC(=O)N(C2CCCC2)C2CC2)c1. The van der Waals surface area contributed by atoms with Crippen LogP contribution in [0.15, 0.2) is 24.3 Å². The molecule has 2 fully saturated rings. The van der Waals surface area contributed by atoms with E-state index in [2.05, 4.69) is 4.90 Å². The molecule has 0 spiro atoms. The van der Waals surface area contributed by atoms with Crippen LogP contribution in [0.2, 0.25) is 0 Å². The lowest BCUT2D eigenvalue weighted by Gasteiger charge is -2.29. The Kier molecular flexibility index (Phi) is 3.95. The van der Waals surface area contributed by atoms with Gasteiger partial charge < -0.3 is 10.0 Å². The summed E-state index contributed by atoms with van der Waals surface area (Å²) in [6, 6.07) is 7.56. The Morgan fingerprint density at radius 2 is 1.76 bits per heavy atom. The van der Waals surface area contributed by atoms with Crippen molar-refractivity contribution in [2.45, 2.75) is 57.0 Å². The molecule has 4 heteroatoms. The molecule has 0 aliphatic heterocycles. The number of hydrogen-bond donors (Lipinski definition) is 1. The Labute approximate surface area is 124 Å². The fraction of sp³-hybridized carbons (Fsp3) is 0.529. The van der Waals surface area contributed by atoms with Crippen LogP contribution >= 0.6 is 0 Å². The molecule has 2 aliphatic rings. The van der Waals surface area contributed by atoms with E-state index in [1.165, 1.54) is 12.8 Å². The highest BCUT2D eigenvalue weighted by molar-refractivity contribution is 5.88. The molecule has 3 rings (SSSR count). The molecule has 0 radical (unpaired) electrons. The Hall–Kier alpha value is -1.84. The number of amides is 1. The number of hydrogen-bond acceptors (Lipinski definition) is 2. The van der Waals surface area contributed by atoms with Crippen molar-refractivity contribution in [3.8, 4) is 0 Å². The van der Waals surface area contributed by atoms with Gasteiger partial charge in [0.15, 0.2) is 0 Å². The maximum atomic E-state index is 12.6. The monoisotopic (exact) mass is 287 g/mol. The molecule has 1 aromatic rings. The number of carboxylic acid groups (broad SMARTS) is 1. The van der Waals surface area contributed by atoms with Gasteiger partial charge in [-0.1, -0.05) is 25.0 Å². The predicted octanol–water partition coefficient (Wildman–Crippen LogP) is 2.86. The third kappa shape index (κ3) is 3.26. The third-order valence-corrected chi connectivity index (χ3v) is 4.48. The lowest BCUT2D eigenvalue weighted by Crippen LogP contribution is -2.41. The first-order valence-electron chi connectivity index (χ1n) is 7.78. The first-order chi connectivity index (χ1) is 10.1. The van der Waals surface area contributed by atoms with Crippen molar-refractivity contribution < 1.29 is 14.7 Å². The third-order valence-electron chi connectivity index (χ3n) is 4.48. The summed E-state index contributed by atoms with van der Waals surface area (Å²) in [5.41, 5.74) is 1.04. The van der Waals surface area contributed by atoms with Gasteiger partial charge in [0.2, 0.25) is 5.91 Å². The molecule has 0 atom stereocenters. The van der Waals surface area contributed by atoms with Gasteiger partial charge in [-0.15, -0.1) is 0 Å². The van der Waals surface area contributed by atoms with Gasteiger partial charge in [-0.25, -0.2) is 4.79 Å². The quantitative estimate of drug-likeness (QED) is 0.906. The standard InChI is InChI=1S/C17H21NO3/c19-16(11-12-4-3-5-13(10-12)17(20)21)18(15-8-9-15)14-6-1-2-7-14/h3-5,10,14-15H,1-2,6-9,11H2,(H,20,21). The Bertz CT molecular complexity index is 545. The van der Waals surface area contributed by atoms with E-state index in [1.54, 1.807) is 18.2 Å². The average molecular weight is 287 g/mol. The van der Waals surface area contributed by atoms with Crippen LogP contribution in [0.3, 0.4) is 0 Å². The first kappa shape index (κ1) is 14.1. The van der Waals surface area contributed by atoms with Crippen molar-refractivity contribution >= 4 is 11.9 Å². The molecule has 2 aliphatic carbocycles. The van der Waals surface area contributed by atoms with Crippen molar-refractivity contribution in [3.05, 3.63) is 35.4 Å². The van der Waals surface area contributed by atoms with E-state index in [1.807, 2.05) is 6.07 Å². The second-order valence-electron chi connectivity index (χ2n) is 6.15. The largest absolute Gasteiger partial charge is 0.478 e. The topological polar surface area (TPSA) is 57.6 Å². The van der Waals surface area contributed by atoms with Gasteiger partial charge in [-0.05, 0) is 43.4 Å². The molecule has 2 saturated carbocycles. The van der Waals surface area contributed by atoms with Crippen molar-refractivity contribution in [2.75, 3.05) is 0 Å². The molecule has 4 nitrogen and oxygen atoms in total. The van der Waals surface area contributed by atoms with Gasteiger partial charge in [0.25, 0.3) is 0 Å². The van der Waals surface area contributed by atoms with Crippen molar-refractivity contribution in [3.63, 3.8) is 0 Å². The van der Waals surface area contributed by atoms with E-state index in [4.69, 9.17) is 5.11 Å². The van der Waals surface area contributed by atoms with Gasteiger partial charge >= 0.3 is 5.97 Å². The van der Waals surface area contributed by atoms with Crippen molar-refractivity contribution in [1.82, 2.24) is 4.90 Å². The summed E-state index contributed by atoms with van der Waals surface area (Å²) in [6.07, 6.45) is 7.24. The van der Waals surface area contributed by atoms with E-state index in [0.29, 0.717) is 18.5 Å². The van der Waals surface area contributed by atoms with Crippen LogP contribution < -0.4 is 0 Å². The molecule has 112 valence electrons. The molecular formula is C17H21NO3. The molecule has 0 aromatic heterocycles. The van der Waals surface area contributed by atoms with E-state index < -0.39 is 5.97 Å². The van der Waals surface area contributed by atoms with Crippen LogP contribution in [-0.2, 0) is 11.2 Å². The minimum Gasteiger partial charge on any atom is -0.478 e. The second-order valence-corrected chi connectivity index (χ2v) is 6.15. The zero-order valence-electron chi connectivity index (χ0n) is 12.1. The van der Waals surface area contributed by atoms with Crippen LogP contribution in [0.4, 0.5) is 0 Å². The van der Waals surface area contributed by atoms with Crippen molar-refractivity contribution in [1.29, 1.82) is 0 Å². The normalized spacial score (nSPS) is 18.7. The molecule has 1 N–H and O–H groups in total. The number of carbonyl (C=O) groups is 2. The van der Waals surface area contributed by atoms with E-state index in [-0.39, 0.29) is 11.5 Å². The molecule has 0 heterocycles. The summed E-state index contributed by atoms with van der Waals surface area (Å²) in [7, 11) is 0. The molecule has 1 amide bonds. The highest BCUT2D eigenvalue weighted by Crippen LogP contribution is 2.34. The molecular weight excluding hydrogens is 266 g/mol. The molecule has 0 saturated heterocycles. The summed E-state index contributed by atoms with van der Waals surface area (Å²) in [5.74, 6) is -0.786. The van der Waals surface area contributed by atoms with Crippen molar-refractivity contribution in [2.24, 2.45) is 0 Å². The minimum atomic E-state index is -0.945. The summed E-state index contributed by atoms with van der Waals surface area (Å²) in [6.45, 7) is 0. The van der Waals surface area contributed by atoms with Crippen LogP contribution in [0.25, 0.3) is 0 Å². The number of carboxylic acids is 1. The Morgan fingerprint density at radius 3 is 2.38 bits per heavy atom. The highest BCUT2D eigenvalue weighted by atomic mass is 16.4. The minimum absolute atomic E-state index is 0.159. The second kappa shape index (κ2) is 5.88. The van der Waals surface area contributed by atoms with Gasteiger partial charge in [0.1, 0.15) is 0 Å². The smallest absolute Gasteiger partial charge is 0.335 e. The molecule has 0 unspecified atom stereocenters. The summed E-state index contributed by atoms with van der Waals surface area (Å²) < 4.78 is 0. The lowest BCUT2D eigenvalue weighted by molar-refractivity contribution is -0.133. The van der Waals surface area contributed by atoms with Gasteiger partial charge in [0, 0.05) is 12.1 Å². The number of aromatic carboxylic acids is 1. The molecule has 0 bridgehead atoms. The van der Waals surface area contributed by atoms with Crippen LogP contribution in [0, 0.1) is 0 Å². The summed E-state index contributed by atoms with van der Waals surface area (Å²) >= 11 is 0. The van der Waals surface area contributed by atoms with E-state index >= 15 is 0 Å². The maximum absolute atomic E-state index is 12.6. The fourth-order valence-electron chi connectivity index (χ4n) is 3.32.